The van der Waals surface area contributed by atoms with Crippen LogP contribution in [0.2, 0.25) is 0 Å². The molecule has 136 valence electrons. The van der Waals surface area contributed by atoms with Crippen molar-refractivity contribution in [3.63, 3.8) is 0 Å². The van der Waals surface area contributed by atoms with Crippen LogP contribution in [-0.2, 0) is 22.4 Å². The molecule has 2 saturated heterocycles. The normalized spacial score (nSPS) is 27.7. The summed E-state index contributed by atoms with van der Waals surface area (Å²) in [4.78, 5) is 19.0. The minimum atomic E-state index is -0.104. The minimum absolute atomic E-state index is 0.104. The van der Waals surface area contributed by atoms with Crippen molar-refractivity contribution < 1.29 is 13.9 Å². The van der Waals surface area contributed by atoms with Crippen LogP contribution in [0.25, 0.3) is 0 Å². The van der Waals surface area contributed by atoms with Crippen molar-refractivity contribution in [3.8, 4) is 0 Å². The summed E-state index contributed by atoms with van der Waals surface area (Å²) in [6.07, 6.45) is 5.05. The Labute approximate surface area is 151 Å². The van der Waals surface area contributed by atoms with Crippen molar-refractivity contribution in [2.45, 2.75) is 31.6 Å². The van der Waals surface area contributed by atoms with Gasteiger partial charge >= 0.3 is 0 Å². The van der Waals surface area contributed by atoms with Crippen LogP contribution in [0.4, 0.5) is 0 Å². The summed E-state index contributed by atoms with van der Waals surface area (Å²) in [5, 5.41) is 8.44. The monoisotopic (exact) mass is 354 g/mol. The zero-order valence-corrected chi connectivity index (χ0v) is 14.6. The fourth-order valence-electron chi connectivity index (χ4n) is 4.18. The van der Waals surface area contributed by atoms with Crippen LogP contribution in [0.3, 0.4) is 0 Å². The van der Waals surface area contributed by atoms with Gasteiger partial charge in [-0.1, -0.05) is 6.07 Å². The van der Waals surface area contributed by atoms with Gasteiger partial charge in [-0.3, -0.25) is 9.78 Å². The molecule has 4 heterocycles. The second-order valence-corrected chi connectivity index (χ2v) is 7.83. The summed E-state index contributed by atoms with van der Waals surface area (Å²) < 4.78 is 11.6. The first-order chi connectivity index (χ1) is 12.7. The van der Waals surface area contributed by atoms with Crippen LogP contribution in [0.15, 0.2) is 28.8 Å². The van der Waals surface area contributed by atoms with E-state index in [1.54, 1.807) is 6.20 Å². The van der Waals surface area contributed by atoms with Gasteiger partial charge in [0.25, 0.3) is 0 Å². The standard InChI is InChI=1S/C19H22N4O3/c24-17(7-15-3-1-2-6-20-15)23-9-14-10-25-12-19(14,11-23)8-16-21-22-18(26-16)13-4-5-13/h1-3,6,13-14H,4-5,7-12H2/t14-,19+/m1/s1. The highest BCUT2D eigenvalue weighted by atomic mass is 16.5. The van der Waals surface area contributed by atoms with E-state index < -0.39 is 0 Å². The van der Waals surface area contributed by atoms with Gasteiger partial charge in [-0.25, -0.2) is 0 Å². The molecule has 1 aliphatic carbocycles. The molecule has 3 fully saturated rings. The summed E-state index contributed by atoms with van der Waals surface area (Å²) in [6, 6.07) is 5.67. The molecule has 1 amide bonds. The Morgan fingerprint density at radius 2 is 2.23 bits per heavy atom. The SMILES string of the molecule is O=C(Cc1ccccn1)N1C[C@@H]2COC[C@]2(Cc2nnc(C3CC3)o2)C1. The van der Waals surface area contributed by atoms with Gasteiger partial charge in [0.2, 0.25) is 17.7 Å². The largest absolute Gasteiger partial charge is 0.425 e. The van der Waals surface area contributed by atoms with E-state index in [0.717, 1.165) is 31.0 Å². The molecule has 2 atom stereocenters. The van der Waals surface area contributed by atoms with E-state index in [0.29, 0.717) is 50.3 Å². The number of pyridine rings is 1. The first-order valence-electron chi connectivity index (χ1n) is 9.30. The molecule has 0 radical (unpaired) electrons. The number of aromatic nitrogens is 3. The maximum atomic E-state index is 12.7. The number of fused-ring (bicyclic) bond motifs is 1. The predicted octanol–water partition coefficient (Wildman–Crippen LogP) is 1.60. The van der Waals surface area contributed by atoms with Crippen LogP contribution < -0.4 is 0 Å². The summed E-state index contributed by atoms with van der Waals surface area (Å²) in [5.41, 5.74) is 0.707. The molecule has 0 bridgehead atoms. The maximum absolute atomic E-state index is 12.7. The Bertz CT molecular complexity index is 804. The van der Waals surface area contributed by atoms with Crippen molar-refractivity contribution in [1.29, 1.82) is 0 Å². The molecule has 7 nitrogen and oxygen atoms in total. The number of hydrogen-bond acceptors (Lipinski definition) is 6. The van der Waals surface area contributed by atoms with Gasteiger partial charge in [0.15, 0.2) is 0 Å². The van der Waals surface area contributed by atoms with Crippen LogP contribution in [-0.4, -0.2) is 52.3 Å². The van der Waals surface area contributed by atoms with E-state index >= 15 is 0 Å². The summed E-state index contributed by atoms with van der Waals surface area (Å²) in [5.74, 6) is 2.37. The number of carbonyl (C=O) groups excluding carboxylic acids is 1. The molecule has 2 aliphatic heterocycles. The molecule has 1 saturated carbocycles. The third-order valence-corrected chi connectivity index (χ3v) is 5.84. The number of hydrogen-bond donors (Lipinski definition) is 0. The van der Waals surface area contributed by atoms with Crippen LogP contribution >= 0.6 is 0 Å². The molecule has 0 aromatic carbocycles. The van der Waals surface area contributed by atoms with Crippen molar-refractivity contribution in [2.75, 3.05) is 26.3 Å². The molecule has 26 heavy (non-hydrogen) atoms. The Balaban J connectivity index is 1.29. The third-order valence-electron chi connectivity index (χ3n) is 5.84. The van der Waals surface area contributed by atoms with Crippen LogP contribution in [0, 0.1) is 11.3 Å². The predicted molar refractivity (Wildman–Crippen MR) is 91.2 cm³/mol. The smallest absolute Gasteiger partial charge is 0.228 e. The van der Waals surface area contributed by atoms with Gasteiger partial charge in [-0.2, -0.15) is 0 Å². The van der Waals surface area contributed by atoms with E-state index in [-0.39, 0.29) is 11.3 Å². The Morgan fingerprint density at radius 1 is 1.31 bits per heavy atom. The van der Waals surface area contributed by atoms with E-state index in [1.165, 1.54) is 0 Å². The average Bonchev–Trinajstić information content (AvgIpc) is 3.11. The molecule has 0 spiro atoms. The van der Waals surface area contributed by atoms with E-state index in [9.17, 15) is 4.79 Å². The van der Waals surface area contributed by atoms with Gasteiger partial charge in [0.05, 0.1) is 19.6 Å². The number of nitrogens with zero attached hydrogens (tertiary/aromatic N) is 4. The molecular weight excluding hydrogens is 332 g/mol. The maximum Gasteiger partial charge on any atom is 0.228 e. The molecular formula is C19H22N4O3. The van der Waals surface area contributed by atoms with Gasteiger partial charge in [-0.05, 0) is 25.0 Å². The number of ether oxygens (including phenoxy) is 1. The van der Waals surface area contributed by atoms with Crippen molar-refractivity contribution in [3.05, 3.63) is 41.9 Å². The lowest BCUT2D eigenvalue weighted by atomic mass is 9.78. The number of carbonyl (C=O) groups is 1. The lowest BCUT2D eigenvalue weighted by Crippen LogP contribution is -2.36. The lowest BCUT2D eigenvalue weighted by Gasteiger charge is -2.25. The van der Waals surface area contributed by atoms with Gasteiger partial charge in [0.1, 0.15) is 0 Å². The summed E-state index contributed by atoms with van der Waals surface area (Å²) in [6.45, 7) is 2.75. The Hall–Kier alpha value is -2.28. The Morgan fingerprint density at radius 3 is 3.04 bits per heavy atom. The fraction of sp³-hybridized carbons (Fsp3) is 0.579. The highest BCUT2D eigenvalue weighted by molar-refractivity contribution is 5.78. The van der Waals surface area contributed by atoms with Gasteiger partial charge in [-0.15, -0.1) is 10.2 Å². The van der Waals surface area contributed by atoms with Crippen molar-refractivity contribution in [1.82, 2.24) is 20.1 Å². The highest BCUT2D eigenvalue weighted by Gasteiger charge is 2.52. The molecule has 2 aromatic heterocycles. The Kier molecular flexibility index (Phi) is 3.77. The topological polar surface area (TPSA) is 81.4 Å². The second-order valence-electron chi connectivity index (χ2n) is 7.83. The van der Waals surface area contributed by atoms with Crippen molar-refractivity contribution in [2.24, 2.45) is 11.3 Å². The van der Waals surface area contributed by atoms with Crippen LogP contribution in [0.5, 0.6) is 0 Å². The van der Waals surface area contributed by atoms with Crippen molar-refractivity contribution >= 4 is 5.91 Å². The molecule has 7 heteroatoms. The first-order valence-corrected chi connectivity index (χ1v) is 9.30. The number of likely N-dealkylation sites (tertiary alicyclic amines) is 1. The zero-order chi connectivity index (χ0) is 17.6. The minimum Gasteiger partial charge on any atom is -0.425 e. The third kappa shape index (κ3) is 2.90. The zero-order valence-electron chi connectivity index (χ0n) is 14.6. The quantitative estimate of drug-likeness (QED) is 0.811. The molecule has 5 rings (SSSR count). The number of amides is 1. The highest BCUT2D eigenvalue weighted by Crippen LogP contribution is 2.45. The van der Waals surface area contributed by atoms with E-state index in [4.69, 9.17) is 9.15 Å². The van der Waals surface area contributed by atoms with E-state index in [2.05, 4.69) is 15.2 Å². The molecule has 0 unspecified atom stereocenters. The average molecular weight is 354 g/mol. The van der Waals surface area contributed by atoms with Gasteiger partial charge in [0, 0.05) is 48.7 Å². The van der Waals surface area contributed by atoms with Crippen LogP contribution in [0.1, 0.15) is 36.2 Å². The molecule has 0 N–H and O–H groups in total. The summed E-state index contributed by atoms with van der Waals surface area (Å²) in [7, 11) is 0. The van der Waals surface area contributed by atoms with Gasteiger partial charge < -0.3 is 14.1 Å². The first kappa shape index (κ1) is 15.9. The second kappa shape index (κ2) is 6.16. The molecule has 2 aromatic rings. The summed E-state index contributed by atoms with van der Waals surface area (Å²) >= 11 is 0. The lowest BCUT2D eigenvalue weighted by molar-refractivity contribution is -0.130. The van der Waals surface area contributed by atoms with E-state index in [1.807, 2.05) is 23.1 Å². The number of rotatable bonds is 5. The fourth-order valence-corrected chi connectivity index (χ4v) is 4.18. The molecule has 3 aliphatic rings.